The molecule has 5 aromatic rings. The Morgan fingerprint density at radius 1 is 1.15 bits per heavy atom. The number of hydrogen-bond acceptors (Lipinski definition) is 7. The number of aromatic nitrogens is 3. The van der Waals surface area contributed by atoms with Crippen molar-refractivity contribution in [2.24, 2.45) is 0 Å². The van der Waals surface area contributed by atoms with E-state index in [0.29, 0.717) is 24.9 Å². The topological polar surface area (TPSA) is 89.7 Å². The number of carboxylic acid groups (broad SMARTS) is 1. The highest BCUT2D eigenvalue weighted by Crippen LogP contribution is 2.31. The molecule has 2 aromatic carbocycles. The van der Waals surface area contributed by atoms with E-state index in [1.54, 1.807) is 43.0 Å². The van der Waals surface area contributed by atoms with Crippen molar-refractivity contribution >= 4 is 50.0 Å². The van der Waals surface area contributed by atoms with Crippen molar-refractivity contribution in [3.05, 3.63) is 88.1 Å². The summed E-state index contributed by atoms with van der Waals surface area (Å²) < 4.78 is 15.1. The van der Waals surface area contributed by atoms with Gasteiger partial charge in [-0.05, 0) is 73.1 Å². The van der Waals surface area contributed by atoms with E-state index in [1.165, 1.54) is 5.39 Å². The summed E-state index contributed by atoms with van der Waals surface area (Å²) in [6.07, 6.45) is 3.74. The Kier molecular flexibility index (Phi) is 8.20. The molecular formula is C31H31ClN4O4S. The van der Waals surface area contributed by atoms with E-state index in [-0.39, 0.29) is 11.7 Å². The highest BCUT2D eigenvalue weighted by molar-refractivity contribution is 7.17. The standard InChI is InChI=1S/C31H31ClN4O4S/c1-39-24(16-36-19-33-27-8-5-21(31(37)38)13-28(27)36)15-35-11-9-20(10-12-35)26-3-2-4-30(34-26)40-17-22-18-41-29-14-23(32)6-7-25(22)29/h2-8,13-14,18-20,24H,9-12,15-17H2,1H3,(H,37,38). The summed E-state index contributed by atoms with van der Waals surface area (Å²) in [4.78, 5) is 23.1. The molecule has 41 heavy (non-hydrogen) atoms. The van der Waals surface area contributed by atoms with Crippen molar-refractivity contribution in [2.45, 2.75) is 38.0 Å². The number of imidazole rings is 1. The molecule has 6 rings (SSSR count). The molecule has 1 saturated heterocycles. The Labute approximate surface area is 247 Å². The molecule has 10 heteroatoms. The van der Waals surface area contributed by atoms with E-state index in [9.17, 15) is 9.90 Å². The Hall–Kier alpha value is -3.50. The number of piperidine rings is 1. The third-order valence-corrected chi connectivity index (χ3v) is 9.04. The first-order valence-electron chi connectivity index (χ1n) is 13.7. The molecule has 1 N–H and O–H groups in total. The molecule has 8 nitrogen and oxygen atoms in total. The van der Waals surface area contributed by atoms with Gasteiger partial charge in [-0.25, -0.2) is 14.8 Å². The summed E-state index contributed by atoms with van der Waals surface area (Å²) in [5, 5.41) is 13.4. The summed E-state index contributed by atoms with van der Waals surface area (Å²) in [6.45, 7) is 3.77. The fraction of sp³-hybridized carbons (Fsp3) is 0.323. The maximum absolute atomic E-state index is 11.4. The second-order valence-electron chi connectivity index (χ2n) is 10.4. The number of nitrogens with zero attached hydrogens (tertiary/aromatic N) is 4. The summed E-state index contributed by atoms with van der Waals surface area (Å²) in [5.74, 6) is 0.0856. The molecule has 4 heterocycles. The zero-order chi connectivity index (χ0) is 28.3. The average molecular weight is 591 g/mol. The Morgan fingerprint density at radius 3 is 2.80 bits per heavy atom. The number of fused-ring (bicyclic) bond motifs is 2. The number of hydrogen-bond donors (Lipinski definition) is 1. The number of methoxy groups -OCH3 is 1. The van der Waals surface area contributed by atoms with Crippen LogP contribution >= 0.6 is 22.9 Å². The monoisotopic (exact) mass is 590 g/mol. The number of halogens is 1. The highest BCUT2D eigenvalue weighted by atomic mass is 35.5. The number of carbonyl (C=O) groups is 1. The third kappa shape index (κ3) is 6.23. The van der Waals surface area contributed by atoms with E-state index in [0.717, 1.165) is 64.5 Å². The quantitative estimate of drug-likeness (QED) is 0.199. The number of rotatable bonds is 10. The van der Waals surface area contributed by atoms with Gasteiger partial charge in [-0.2, -0.15) is 0 Å². The van der Waals surface area contributed by atoms with Crippen molar-refractivity contribution in [1.29, 1.82) is 0 Å². The van der Waals surface area contributed by atoms with Crippen molar-refractivity contribution in [3.63, 3.8) is 0 Å². The first kappa shape index (κ1) is 27.7. The number of likely N-dealkylation sites (tertiary alicyclic amines) is 1. The van der Waals surface area contributed by atoms with Crippen LogP contribution in [0.2, 0.25) is 5.02 Å². The molecule has 0 radical (unpaired) electrons. The van der Waals surface area contributed by atoms with Crippen LogP contribution in [0, 0.1) is 0 Å². The maximum Gasteiger partial charge on any atom is 0.335 e. The molecule has 1 atom stereocenters. The molecule has 0 amide bonds. The zero-order valence-electron chi connectivity index (χ0n) is 22.7. The molecule has 1 fully saturated rings. The number of benzene rings is 2. The Bertz CT molecular complexity index is 1680. The van der Waals surface area contributed by atoms with Crippen LogP contribution in [0.15, 0.2) is 66.3 Å². The third-order valence-electron chi connectivity index (χ3n) is 7.81. The molecule has 3 aromatic heterocycles. The molecule has 1 aliphatic rings. The number of pyridine rings is 1. The van der Waals surface area contributed by atoms with Gasteiger partial charge in [0.05, 0.1) is 35.6 Å². The average Bonchev–Trinajstić information content (AvgIpc) is 3.59. The summed E-state index contributed by atoms with van der Waals surface area (Å²) in [5.41, 5.74) is 4.05. The van der Waals surface area contributed by atoms with E-state index in [1.807, 2.05) is 34.9 Å². The minimum atomic E-state index is -0.945. The maximum atomic E-state index is 11.4. The van der Waals surface area contributed by atoms with Crippen LogP contribution in [0.25, 0.3) is 21.1 Å². The number of carboxylic acids is 1. The molecule has 212 valence electrons. The van der Waals surface area contributed by atoms with Gasteiger partial charge >= 0.3 is 5.97 Å². The molecular weight excluding hydrogens is 560 g/mol. The molecule has 0 aliphatic carbocycles. The lowest BCUT2D eigenvalue weighted by Gasteiger charge is -2.34. The van der Waals surface area contributed by atoms with Gasteiger partial charge in [0.2, 0.25) is 5.88 Å². The molecule has 1 unspecified atom stereocenters. The van der Waals surface area contributed by atoms with E-state index in [2.05, 4.69) is 21.3 Å². The Morgan fingerprint density at radius 2 is 2.00 bits per heavy atom. The summed E-state index contributed by atoms with van der Waals surface area (Å²) in [6, 6.07) is 17.0. The summed E-state index contributed by atoms with van der Waals surface area (Å²) in [7, 11) is 1.72. The SMILES string of the molecule is COC(CN1CCC(c2cccc(OCc3csc4cc(Cl)ccc34)n2)CC1)Cn1cnc2ccc(C(=O)O)cc21. The predicted molar refractivity (Wildman–Crippen MR) is 161 cm³/mol. The fourth-order valence-corrected chi connectivity index (χ4v) is 6.74. The molecule has 1 aliphatic heterocycles. The van der Waals surface area contributed by atoms with Gasteiger partial charge in [0.1, 0.15) is 6.61 Å². The van der Waals surface area contributed by atoms with Crippen LogP contribution in [-0.4, -0.2) is 63.4 Å². The van der Waals surface area contributed by atoms with Gasteiger partial charge in [0.15, 0.2) is 0 Å². The number of thiophene rings is 1. The lowest BCUT2D eigenvalue weighted by atomic mass is 9.93. The van der Waals surface area contributed by atoms with Crippen LogP contribution in [0.3, 0.4) is 0 Å². The van der Waals surface area contributed by atoms with Crippen molar-refractivity contribution in [2.75, 3.05) is 26.7 Å². The highest BCUT2D eigenvalue weighted by Gasteiger charge is 2.24. The lowest BCUT2D eigenvalue weighted by Crippen LogP contribution is -2.40. The number of aromatic carboxylic acids is 1. The van der Waals surface area contributed by atoms with Crippen LogP contribution in [-0.2, 0) is 17.9 Å². The predicted octanol–water partition coefficient (Wildman–Crippen LogP) is 6.47. The van der Waals surface area contributed by atoms with Crippen LogP contribution in [0.5, 0.6) is 5.88 Å². The second kappa shape index (κ2) is 12.2. The van der Waals surface area contributed by atoms with Gasteiger partial charge in [0.25, 0.3) is 0 Å². The van der Waals surface area contributed by atoms with E-state index < -0.39 is 5.97 Å². The minimum absolute atomic E-state index is 0.0449. The minimum Gasteiger partial charge on any atom is -0.478 e. The normalized spacial score (nSPS) is 15.5. The van der Waals surface area contributed by atoms with Gasteiger partial charge in [-0.15, -0.1) is 11.3 Å². The smallest absolute Gasteiger partial charge is 0.335 e. The van der Waals surface area contributed by atoms with Gasteiger partial charge in [-0.3, -0.25) is 0 Å². The van der Waals surface area contributed by atoms with Crippen molar-refractivity contribution < 1.29 is 19.4 Å². The second-order valence-corrected chi connectivity index (χ2v) is 11.8. The molecule has 0 saturated carbocycles. The van der Waals surface area contributed by atoms with E-state index in [4.69, 9.17) is 26.1 Å². The molecule has 0 bridgehead atoms. The van der Waals surface area contributed by atoms with Gasteiger partial charge in [-0.1, -0.05) is 23.7 Å². The van der Waals surface area contributed by atoms with Crippen LogP contribution < -0.4 is 4.74 Å². The van der Waals surface area contributed by atoms with E-state index >= 15 is 0 Å². The van der Waals surface area contributed by atoms with Gasteiger partial charge < -0.3 is 24.0 Å². The van der Waals surface area contributed by atoms with Gasteiger partial charge in [0, 0.05) is 46.6 Å². The van der Waals surface area contributed by atoms with Crippen LogP contribution in [0.4, 0.5) is 0 Å². The largest absolute Gasteiger partial charge is 0.478 e. The summed E-state index contributed by atoms with van der Waals surface area (Å²) >= 11 is 7.80. The number of ether oxygens (including phenoxy) is 2. The first-order chi connectivity index (χ1) is 20.0. The van der Waals surface area contributed by atoms with Crippen LogP contribution in [0.1, 0.15) is 40.4 Å². The van der Waals surface area contributed by atoms with Crippen molar-refractivity contribution in [1.82, 2.24) is 19.4 Å². The fourth-order valence-electron chi connectivity index (χ4n) is 5.52. The van der Waals surface area contributed by atoms with Crippen molar-refractivity contribution in [3.8, 4) is 5.88 Å². The zero-order valence-corrected chi connectivity index (χ0v) is 24.3. The lowest BCUT2D eigenvalue weighted by molar-refractivity contribution is 0.0447. The molecule has 0 spiro atoms. The first-order valence-corrected chi connectivity index (χ1v) is 14.9. The Balaban J connectivity index is 1.04.